The molecule has 166 valence electrons. The van der Waals surface area contributed by atoms with E-state index in [1.165, 1.54) is 6.21 Å². The molecule has 0 fully saturated rings. The van der Waals surface area contributed by atoms with E-state index in [1.807, 2.05) is 18.2 Å². The third kappa shape index (κ3) is 4.66. The standard InChI is InChI=1S/C23H25Cl2N5OSi/c1-32(2,3)9-8-31-14-30-21(17-6-7-27-23-19(17)13-28-29-23)10-15(12-26)22(30)18-5-4-16(24)11-20(18)25/h4-7,10-13,26H,8-9,14H2,1-3H3,(H,27,28,29). The Morgan fingerprint density at radius 2 is 1.97 bits per heavy atom. The number of rotatable bonds is 8. The van der Waals surface area contributed by atoms with E-state index < -0.39 is 8.07 Å². The van der Waals surface area contributed by atoms with Crippen LogP contribution >= 0.6 is 23.2 Å². The normalized spacial score (nSPS) is 11.9. The van der Waals surface area contributed by atoms with Crippen molar-refractivity contribution in [2.24, 2.45) is 0 Å². The fourth-order valence-corrected chi connectivity index (χ4v) is 4.88. The number of H-pyrrole nitrogens is 1. The minimum Gasteiger partial charge on any atom is -0.361 e. The molecule has 9 heteroatoms. The first kappa shape index (κ1) is 22.7. The number of hydrogen-bond donors (Lipinski definition) is 2. The number of benzene rings is 1. The van der Waals surface area contributed by atoms with Gasteiger partial charge in [0, 0.05) is 54.2 Å². The summed E-state index contributed by atoms with van der Waals surface area (Å²) in [5.74, 6) is 0. The zero-order valence-corrected chi connectivity index (χ0v) is 20.8. The van der Waals surface area contributed by atoms with Gasteiger partial charge < -0.3 is 14.7 Å². The van der Waals surface area contributed by atoms with Crippen LogP contribution in [0.1, 0.15) is 5.56 Å². The molecule has 0 aliphatic carbocycles. The topological polar surface area (TPSA) is 79.6 Å². The molecule has 4 aromatic rings. The maximum absolute atomic E-state index is 8.07. The van der Waals surface area contributed by atoms with Crippen molar-refractivity contribution in [2.45, 2.75) is 32.4 Å². The van der Waals surface area contributed by atoms with Gasteiger partial charge in [0.25, 0.3) is 0 Å². The second-order valence-corrected chi connectivity index (χ2v) is 15.3. The van der Waals surface area contributed by atoms with Crippen LogP contribution in [0.5, 0.6) is 0 Å². The minimum absolute atomic E-state index is 0.337. The van der Waals surface area contributed by atoms with Gasteiger partial charge in [0.1, 0.15) is 6.73 Å². The molecule has 0 spiro atoms. The molecule has 0 unspecified atom stereocenters. The van der Waals surface area contributed by atoms with Gasteiger partial charge in [0.15, 0.2) is 5.65 Å². The number of nitrogens with zero attached hydrogens (tertiary/aromatic N) is 3. The summed E-state index contributed by atoms with van der Waals surface area (Å²) < 4.78 is 8.22. The van der Waals surface area contributed by atoms with E-state index in [4.69, 9.17) is 33.3 Å². The van der Waals surface area contributed by atoms with Gasteiger partial charge in [-0.3, -0.25) is 5.10 Å². The van der Waals surface area contributed by atoms with Gasteiger partial charge in [0.2, 0.25) is 0 Å². The van der Waals surface area contributed by atoms with Gasteiger partial charge in [0.05, 0.1) is 22.6 Å². The van der Waals surface area contributed by atoms with E-state index in [1.54, 1.807) is 24.5 Å². The SMILES string of the molecule is C[Si](C)(C)CCOCn1c(-c2ccnc3[nH]ncc23)cc(C=N)c1-c1ccc(Cl)cc1Cl. The Morgan fingerprint density at radius 3 is 2.69 bits per heavy atom. The number of ether oxygens (including phenoxy) is 1. The molecule has 1 aromatic carbocycles. The Balaban J connectivity index is 1.87. The third-order valence-corrected chi connectivity index (χ3v) is 7.57. The van der Waals surface area contributed by atoms with Crippen LogP contribution in [0.15, 0.2) is 42.7 Å². The monoisotopic (exact) mass is 485 g/mol. The molecule has 32 heavy (non-hydrogen) atoms. The van der Waals surface area contributed by atoms with E-state index in [0.717, 1.165) is 39.5 Å². The molecular formula is C23H25Cl2N5OSi. The zero-order chi connectivity index (χ0) is 22.9. The zero-order valence-electron chi connectivity index (χ0n) is 18.2. The van der Waals surface area contributed by atoms with Gasteiger partial charge in [-0.05, 0) is 36.4 Å². The number of halogens is 2. The Kier molecular flexibility index (Phi) is 6.53. The second-order valence-electron chi connectivity index (χ2n) is 8.87. The lowest BCUT2D eigenvalue weighted by Gasteiger charge is -2.19. The molecule has 3 aromatic heterocycles. The van der Waals surface area contributed by atoms with Crippen molar-refractivity contribution in [3.8, 4) is 22.5 Å². The molecule has 4 rings (SSSR count). The van der Waals surface area contributed by atoms with Crippen LogP contribution < -0.4 is 0 Å². The molecule has 0 atom stereocenters. The Bertz CT molecular complexity index is 1280. The highest BCUT2D eigenvalue weighted by Gasteiger charge is 2.21. The number of nitrogens with one attached hydrogen (secondary N) is 2. The molecule has 3 heterocycles. The van der Waals surface area contributed by atoms with Crippen molar-refractivity contribution in [1.29, 1.82) is 5.41 Å². The van der Waals surface area contributed by atoms with Crippen LogP contribution in [0.4, 0.5) is 0 Å². The van der Waals surface area contributed by atoms with Crippen LogP contribution in [0, 0.1) is 5.41 Å². The number of pyridine rings is 1. The predicted molar refractivity (Wildman–Crippen MR) is 135 cm³/mol. The lowest BCUT2D eigenvalue weighted by atomic mass is 10.1. The smallest absolute Gasteiger partial charge is 0.155 e. The quantitative estimate of drug-likeness (QED) is 0.165. The predicted octanol–water partition coefficient (Wildman–Crippen LogP) is 6.71. The molecule has 6 nitrogen and oxygen atoms in total. The van der Waals surface area contributed by atoms with Gasteiger partial charge in [-0.15, -0.1) is 0 Å². The summed E-state index contributed by atoms with van der Waals surface area (Å²) >= 11 is 12.7. The average Bonchev–Trinajstić information content (AvgIpc) is 3.35. The maximum Gasteiger partial charge on any atom is 0.155 e. The van der Waals surface area contributed by atoms with Gasteiger partial charge in [-0.1, -0.05) is 42.8 Å². The first-order valence-electron chi connectivity index (χ1n) is 10.3. The minimum atomic E-state index is -1.22. The fraction of sp³-hybridized carbons (Fsp3) is 0.261. The van der Waals surface area contributed by atoms with Gasteiger partial charge in [-0.25, -0.2) is 4.98 Å². The molecule has 0 saturated carbocycles. The van der Waals surface area contributed by atoms with Crippen LogP contribution in [0.3, 0.4) is 0 Å². The van der Waals surface area contributed by atoms with Crippen molar-refractivity contribution in [2.75, 3.05) is 6.61 Å². The van der Waals surface area contributed by atoms with Gasteiger partial charge >= 0.3 is 0 Å². The van der Waals surface area contributed by atoms with Crippen molar-refractivity contribution in [3.63, 3.8) is 0 Å². The third-order valence-electron chi connectivity index (χ3n) is 5.32. The number of fused-ring (bicyclic) bond motifs is 1. The summed E-state index contributed by atoms with van der Waals surface area (Å²) in [6.45, 7) is 8.00. The first-order valence-corrected chi connectivity index (χ1v) is 14.8. The van der Waals surface area contributed by atoms with Crippen LogP contribution in [0.2, 0.25) is 35.7 Å². The number of aromatic amines is 1. The van der Waals surface area contributed by atoms with Crippen LogP contribution in [-0.4, -0.2) is 40.6 Å². The molecule has 0 aliphatic rings. The summed E-state index contributed by atoms with van der Waals surface area (Å²) in [6.07, 6.45) is 4.86. The molecule has 2 N–H and O–H groups in total. The van der Waals surface area contributed by atoms with E-state index >= 15 is 0 Å². The Hall–Kier alpha value is -2.45. The van der Waals surface area contributed by atoms with Crippen LogP contribution in [-0.2, 0) is 11.5 Å². The summed E-state index contributed by atoms with van der Waals surface area (Å²) in [7, 11) is -1.22. The Morgan fingerprint density at radius 1 is 1.16 bits per heavy atom. The van der Waals surface area contributed by atoms with Crippen molar-refractivity contribution in [3.05, 3.63) is 58.3 Å². The second kappa shape index (κ2) is 9.19. The van der Waals surface area contributed by atoms with E-state index in [9.17, 15) is 0 Å². The largest absolute Gasteiger partial charge is 0.361 e. The number of hydrogen-bond acceptors (Lipinski definition) is 4. The maximum atomic E-state index is 8.07. The number of aromatic nitrogens is 4. The molecule has 0 aliphatic heterocycles. The summed E-state index contributed by atoms with van der Waals surface area (Å²) in [5.41, 5.74) is 4.93. The average molecular weight is 486 g/mol. The van der Waals surface area contributed by atoms with E-state index in [-0.39, 0.29) is 0 Å². The summed E-state index contributed by atoms with van der Waals surface area (Å²) in [4.78, 5) is 4.36. The summed E-state index contributed by atoms with van der Waals surface area (Å²) in [5, 5.41) is 17.1. The molecule has 0 bridgehead atoms. The highest BCUT2D eigenvalue weighted by molar-refractivity contribution is 6.76. The lowest BCUT2D eigenvalue weighted by molar-refractivity contribution is 0.0896. The van der Waals surface area contributed by atoms with Crippen LogP contribution in [0.25, 0.3) is 33.5 Å². The molecular weight excluding hydrogens is 461 g/mol. The van der Waals surface area contributed by atoms with Crippen molar-refractivity contribution >= 4 is 48.5 Å². The fourth-order valence-electron chi connectivity index (χ4n) is 3.63. The highest BCUT2D eigenvalue weighted by atomic mass is 35.5. The molecule has 0 saturated heterocycles. The highest BCUT2D eigenvalue weighted by Crippen LogP contribution is 2.38. The van der Waals surface area contributed by atoms with Crippen molar-refractivity contribution < 1.29 is 4.74 Å². The molecule has 0 amide bonds. The first-order chi connectivity index (χ1) is 15.3. The van der Waals surface area contributed by atoms with Gasteiger partial charge in [-0.2, -0.15) is 5.10 Å². The van der Waals surface area contributed by atoms with E-state index in [2.05, 4.69) is 39.4 Å². The van der Waals surface area contributed by atoms with Crippen molar-refractivity contribution in [1.82, 2.24) is 19.7 Å². The summed E-state index contributed by atoms with van der Waals surface area (Å²) in [6, 6.07) is 10.4. The molecule has 0 radical (unpaired) electrons. The lowest BCUT2D eigenvalue weighted by Crippen LogP contribution is -2.22. The van der Waals surface area contributed by atoms with E-state index in [0.29, 0.717) is 29.0 Å². The Labute approximate surface area is 198 Å².